The molecule has 6 rings (SSSR count). The van der Waals surface area contributed by atoms with E-state index in [4.69, 9.17) is 4.74 Å². The van der Waals surface area contributed by atoms with Gasteiger partial charge < -0.3 is 14.2 Å². The summed E-state index contributed by atoms with van der Waals surface area (Å²) in [6.45, 7) is 5.98. The number of alkyl halides is 5. The van der Waals surface area contributed by atoms with Gasteiger partial charge in [-0.05, 0) is 46.9 Å². The van der Waals surface area contributed by atoms with Gasteiger partial charge in [0.1, 0.15) is 13.0 Å². The molecule has 1 amide bonds. The molecule has 242 valence electrons. The van der Waals surface area contributed by atoms with Crippen LogP contribution in [-0.2, 0) is 36.5 Å². The van der Waals surface area contributed by atoms with Gasteiger partial charge in [0.25, 0.3) is 5.91 Å². The second kappa shape index (κ2) is 12.1. The zero-order valence-corrected chi connectivity index (χ0v) is 25.5. The SMILES string of the molecule is CC(C)[C@H]1CN(CCF)CCN1Cc1cc2c(c(C(F)(F)F)c1)CN(c1cccc(C3([C@@H](F)c4nncn4C)COC3)c1)C2=O. The summed E-state index contributed by atoms with van der Waals surface area (Å²) in [4.78, 5) is 19.3. The molecule has 13 heteroatoms. The Morgan fingerprint density at radius 3 is 2.53 bits per heavy atom. The van der Waals surface area contributed by atoms with Crippen molar-refractivity contribution in [1.29, 1.82) is 0 Å². The summed E-state index contributed by atoms with van der Waals surface area (Å²) in [5, 5.41) is 7.71. The van der Waals surface area contributed by atoms with Crippen LogP contribution in [0.25, 0.3) is 0 Å². The lowest BCUT2D eigenvalue weighted by molar-refractivity contribution is -0.138. The number of hydrogen-bond donors (Lipinski definition) is 0. The number of anilines is 1. The quantitative estimate of drug-likeness (QED) is 0.307. The predicted molar refractivity (Wildman–Crippen MR) is 157 cm³/mol. The molecule has 1 aromatic heterocycles. The molecule has 3 aliphatic heterocycles. The van der Waals surface area contributed by atoms with Crippen molar-refractivity contribution in [2.24, 2.45) is 13.0 Å². The van der Waals surface area contributed by atoms with Crippen molar-refractivity contribution >= 4 is 11.6 Å². The first-order chi connectivity index (χ1) is 21.4. The minimum atomic E-state index is -4.67. The van der Waals surface area contributed by atoms with Crippen LogP contribution in [0.15, 0.2) is 42.7 Å². The fraction of sp³-hybridized carbons (Fsp3) is 0.531. The Kier molecular flexibility index (Phi) is 8.46. The Morgan fingerprint density at radius 2 is 1.91 bits per heavy atom. The van der Waals surface area contributed by atoms with E-state index in [1.54, 1.807) is 37.4 Å². The summed E-state index contributed by atoms with van der Waals surface area (Å²) in [6, 6.07) is 9.49. The zero-order valence-electron chi connectivity index (χ0n) is 25.5. The molecule has 0 aliphatic carbocycles. The molecule has 8 nitrogen and oxygen atoms in total. The van der Waals surface area contributed by atoms with Crippen molar-refractivity contribution in [3.63, 3.8) is 0 Å². The molecular formula is C32H37F5N6O2. The van der Waals surface area contributed by atoms with Crippen LogP contribution in [0.4, 0.5) is 27.6 Å². The summed E-state index contributed by atoms with van der Waals surface area (Å²) >= 11 is 0. The first-order valence-electron chi connectivity index (χ1n) is 15.2. The van der Waals surface area contributed by atoms with E-state index >= 15 is 4.39 Å². The van der Waals surface area contributed by atoms with E-state index in [1.807, 2.05) is 18.7 Å². The normalized spacial score (nSPS) is 21.3. The van der Waals surface area contributed by atoms with Gasteiger partial charge in [0.15, 0.2) is 12.0 Å². The third-order valence-electron chi connectivity index (χ3n) is 9.49. The average Bonchev–Trinajstić information content (AvgIpc) is 3.55. The van der Waals surface area contributed by atoms with Gasteiger partial charge in [-0.25, -0.2) is 8.78 Å². The number of carbonyl (C=O) groups is 1. The maximum absolute atomic E-state index is 15.9. The van der Waals surface area contributed by atoms with Gasteiger partial charge in [0.2, 0.25) is 0 Å². The number of rotatable bonds is 9. The number of nitrogens with zero attached hydrogens (tertiary/aromatic N) is 6. The molecule has 2 fully saturated rings. The van der Waals surface area contributed by atoms with Crippen LogP contribution in [0.2, 0.25) is 0 Å². The van der Waals surface area contributed by atoms with Gasteiger partial charge >= 0.3 is 6.18 Å². The number of hydrogen-bond acceptors (Lipinski definition) is 6. The summed E-state index contributed by atoms with van der Waals surface area (Å²) in [5.41, 5.74) is -0.598. The van der Waals surface area contributed by atoms with Crippen molar-refractivity contribution < 1.29 is 31.5 Å². The van der Waals surface area contributed by atoms with Crippen LogP contribution in [0.1, 0.15) is 58.5 Å². The number of carbonyl (C=O) groups excluding carboxylic acids is 1. The predicted octanol–water partition coefficient (Wildman–Crippen LogP) is 5.08. The van der Waals surface area contributed by atoms with Crippen molar-refractivity contribution in [2.45, 2.75) is 50.7 Å². The largest absolute Gasteiger partial charge is 0.416 e. The van der Waals surface area contributed by atoms with Crippen molar-refractivity contribution in [3.05, 3.63) is 76.4 Å². The van der Waals surface area contributed by atoms with E-state index in [2.05, 4.69) is 15.1 Å². The summed E-state index contributed by atoms with van der Waals surface area (Å²) in [7, 11) is 1.65. The number of ether oxygens (including phenoxy) is 1. The van der Waals surface area contributed by atoms with Gasteiger partial charge in [-0.1, -0.05) is 26.0 Å². The summed E-state index contributed by atoms with van der Waals surface area (Å²) in [5.74, 6) is -0.193. The average molecular weight is 633 g/mol. The van der Waals surface area contributed by atoms with E-state index < -0.39 is 35.9 Å². The Hall–Kier alpha value is -3.42. The molecule has 3 aromatic rings. The Bertz CT molecular complexity index is 1550. The second-order valence-corrected chi connectivity index (χ2v) is 12.7. The molecule has 4 heterocycles. The van der Waals surface area contributed by atoms with Gasteiger partial charge in [0.05, 0.1) is 30.7 Å². The van der Waals surface area contributed by atoms with Gasteiger partial charge in [-0.15, -0.1) is 10.2 Å². The highest BCUT2D eigenvalue weighted by Gasteiger charge is 2.51. The molecule has 0 N–H and O–H groups in total. The summed E-state index contributed by atoms with van der Waals surface area (Å²) < 4.78 is 79.3. The van der Waals surface area contributed by atoms with E-state index in [1.165, 1.54) is 15.8 Å². The van der Waals surface area contributed by atoms with E-state index in [0.717, 1.165) is 6.07 Å². The van der Waals surface area contributed by atoms with Crippen LogP contribution in [-0.4, -0.2) is 82.6 Å². The number of halogens is 5. The minimum Gasteiger partial charge on any atom is -0.379 e. The van der Waals surface area contributed by atoms with Crippen LogP contribution >= 0.6 is 0 Å². The topological polar surface area (TPSA) is 66.7 Å². The molecule has 45 heavy (non-hydrogen) atoms. The van der Waals surface area contributed by atoms with Crippen LogP contribution < -0.4 is 4.90 Å². The Balaban J connectivity index is 1.30. The third kappa shape index (κ3) is 5.74. The standard InChI is InChI=1S/C32H37F5N6O2/c1-20(2)27-16-41(8-7-33)9-10-42(27)14-21-11-24-25(26(12-21)32(35,36)37)15-43(30(24)44)23-6-4-5-22(13-23)31(17-45-18-31)28(34)29-39-38-19-40(29)3/h4-6,11-13,19-20,27-28H,7-10,14-18H2,1-3H3/t27-,28+/m1/s1. The lowest BCUT2D eigenvalue weighted by Gasteiger charge is -2.43. The van der Waals surface area contributed by atoms with E-state index in [9.17, 15) is 22.4 Å². The maximum atomic E-state index is 15.9. The number of fused-ring (bicyclic) bond motifs is 1. The molecule has 0 saturated carbocycles. The minimum absolute atomic E-state index is 0.0199. The second-order valence-electron chi connectivity index (χ2n) is 12.7. The number of piperazine rings is 1. The monoisotopic (exact) mass is 632 g/mol. The highest BCUT2D eigenvalue weighted by Crippen LogP contribution is 2.47. The van der Waals surface area contributed by atoms with E-state index in [-0.39, 0.29) is 55.2 Å². The number of amides is 1. The molecule has 0 radical (unpaired) electrons. The molecule has 3 aliphatic rings. The molecule has 0 spiro atoms. The molecule has 2 atom stereocenters. The number of aromatic nitrogens is 3. The first-order valence-corrected chi connectivity index (χ1v) is 15.2. The molecular weight excluding hydrogens is 595 g/mol. The first kappa shape index (κ1) is 31.6. The summed E-state index contributed by atoms with van der Waals surface area (Å²) in [6.07, 6.45) is -4.80. The maximum Gasteiger partial charge on any atom is 0.416 e. The van der Waals surface area contributed by atoms with Crippen LogP contribution in [0.3, 0.4) is 0 Å². The fourth-order valence-corrected chi connectivity index (χ4v) is 6.85. The van der Waals surface area contributed by atoms with Gasteiger partial charge in [0, 0.05) is 57.1 Å². The highest BCUT2D eigenvalue weighted by molar-refractivity contribution is 6.10. The van der Waals surface area contributed by atoms with Gasteiger partial charge in [-0.2, -0.15) is 13.2 Å². The fourth-order valence-electron chi connectivity index (χ4n) is 6.85. The third-order valence-corrected chi connectivity index (χ3v) is 9.49. The molecule has 0 bridgehead atoms. The molecule has 0 unspecified atom stereocenters. The lowest BCUT2D eigenvalue weighted by Crippen LogP contribution is -2.55. The zero-order chi connectivity index (χ0) is 32.1. The Labute approximate surface area is 258 Å². The number of aryl methyl sites for hydroxylation is 1. The Morgan fingerprint density at radius 1 is 1.13 bits per heavy atom. The molecule has 2 saturated heterocycles. The van der Waals surface area contributed by atoms with Crippen LogP contribution in [0, 0.1) is 5.92 Å². The lowest BCUT2D eigenvalue weighted by atomic mass is 9.74. The van der Waals surface area contributed by atoms with Gasteiger partial charge in [-0.3, -0.25) is 14.6 Å². The van der Waals surface area contributed by atoms with Crippen molar-refractivity contribution in [3.8, 4) is 0 Å². The van der Waals surface area contributed by atoms with Crippen molar-refractivity contribution in [2.75, 3.05) is 51.0 Å². The molecule has 2 aromatic carbocycles. The van der Waals surface area contributed by atoms with Crippen LogP contribution in [0.5, 0.6) is 0 Å². The van der Waals surface area contributed by atoms with E-state index in [0.29, 0.717) is 43.0 Å². The van der Waals surface area contributed by atoms with Crippen molar-refractivity contribution in [1.82, 2.24) is 24.6 Å². The highest BCUT2D eigenvalue weighted by atomic mass is 19.4. The smallest absolute Gasteiger partial charge is 0.379 e. The number of benzene rings is 2.